The van der Waals surface area contributed by atoms with E-state index in [0.29, 0.717) is 0 Å². The Morgan fingerprint density at radius 1 is 1.29 bits per heavy atom. The van der Waals surface area contributed by atoms with Gasteiger partial charge in [0.05, 0.1) is 16.4 Å². The summed E-state index contributed by atoms with van der Waals surface area (Å²) in [5.41, 5.74) is 0.929. The molecule has 0 saturated heterocycles. The lowest BCUT2D eigenvalue weighted by Gasteiger charge is -2.31. The highest BCUT2D eigenvalue weighted by Crippen LogP contribution is 2.29. The van der Waals surface area contributed by atoms with Crippen LogP contribution in [0.25, 0.3) is 0 Å². The van der Waals surface area contributed by atoms with E-state index >= 15 is 0 Å². The van der Waals surface area contributed by atoms with E-state index in [9.17, 15) is 18.6 Å². The molecule has 0 unspecified atom stereocenters. The van der Waals surface area contributed by atoms with Crippen molar-refractivity contribution in [1.82, 2.24) is 0 Å². The second-order valence-corrected chi connectivity index (χ2v) is 6.74. The van der Waals surface area contributed by atoms with Gasteiger partial charge >= 0.3 is 0 Å². The SMILES string of the molecule is CO[C@@H]1C=C(S(=O)(=O)c2ccc(C)cc2)[C@H](O)[C@@H](CO)O1. The monoisotopic (exact) mass is 314 g/mol. The Bertz CT molecular complexity index is 619. The van der Waals surface area contributed by atoms with Crippen LogP contribution in [0.15, 0.2) is 40.1 Å². The van der Waals surface area contributed by atoms with Crippen LogP contribution in [-0.4, -0.2) is 50.8 Å². The third-order valence-electron chi connectivity index (χ3n) is 3.31. The van der Waals surface area contributed by atoms with E-state index in [1.54, 1.807) is 12.1 Å². The largest absolute Gasteiger partial charge is 0.394 e. The van der Waals surface area contributed by atoms with Gasteiger partial charge in [0.15, 0.2) is 6.29 Å². The Kier molecular flexibility index (Phi) is 4.80. The van der Waals surface area contributed by atoms with Crippen molar-refractivity contribution in [2.75, 3.05) is 13.7 Å². The molecule has 0 bridgehead atoms. The third-order valence-corrected chi connectivity index (χ3v) is 5.20. The lowest BCUT2D eigenvalue weighted by Crippen LogP contribution is -2.43. The fraction of sp³-hybridized carbons (Fsp3) is 0.429. The number of methoxy groups -OCH3 is 1. The Morgan fingerprint density at radius 3 is 2.43 bits per heavy atom. The fourth-order valence-electron chi connectivity index (χ4n) is 2.07. The van der Waals surface area contributed by atoms with Gasteiger partial charge in [-0.3, -0.25) is 0 Å². The summed E-state index contributed by atoms with van der Waals surface area (Å²) in [4.78, 5) is -0.143. The first kappa shape index (κ1) is 16.1. The van der Waals surface area contributed by atoms with Crippen molar-refractivity contribution in [3.63, 3.8) is 0 Å². The Hall–Kier alpha value is -1.25. The van der Waals surface area contributed by atoms with Crippen LogP contribution in [0.3, 0.4) is 0 Å². The van der Waals surface area contributed by atoms with Gasteiger partial charge in [0, 0.05) is 7.11 Å². The molecule has 0 fully saturated rings. The van der Waals surface area contributed by atoms with Crippen LogP contribution in [0, 0.1) is 6.92 Å². The van der Waals surface area contributed by atoms with E-state index < -0.39 is 34.9 Å². The number of aliphatic hydroxyl groups is 2. The number of rotatable bonds is 4. The number of hydrogen-bond acceptors (Lipinski definition) is 6. The summed E-state index contributed by atoms with van der Waals surface area (Å²) < 4.78 is 35.4. The highest BCUT2D eigenvalue weighted by molar-refractivity contribution is 7.95. The molecule has 1 aliphatic heterocycles. The molecule has 7 heteroatoms. The molecule has 0 radical (unpaired) electrons. The second kappa shape index (κ2) is 6.25. The number of benzene rings is 1. The van der Waals surface area contributed by atoms with Gasteiger partial charge in [-0.1, -0.05) is 17.7 Å². The van der Waals surface area contributed by atoms with Crippen molar-refractivity contribution < 1.29 is 28.1 Å². The van der Waals surface area contributed by atoms with Crippen LogP contribution in [0.2, 0.25) is 0 Å². The third kappa shape index (κ3) is 3.17. The van der Waals surface area contributed by atoms with Gasteiger partial charge in [-0.2, -0.15) is 0 Å². The van der Waals surface area contributed by atoms with Crippen LogP contribution in [-0.2, 0) is 19.3 Å². The summed E-state index contributed by atoms with van der Waals surface area (Å²) >= 11 is 0. The zero-order chi connectivity index (χ0) is 15.6. The average Bonchev–Trinajstić information content (AvgIpc) is 2.47. The molecule has 0 amide bonds. The molecule has 6 nitrogen and oxygen atoms in total. The molecule has 0 saturated carbocycles. The Morgan fingerprint density at radius 2 is 1.90 bits per heavy atom. The molecule has 0 spiro atoms. The van der Waals surface area contributed by atoms with Crippen molar-refractivity contribution in [2.24, 2.45) is 0 Å². The summed E-state index contributed by atoms with van der Waals surface area (Å²) in [7, 11) is -2.52. The minimum absolute atomic E-state index is 0.0758. The Balaban J connectivity index is 2.46. The molecule has 1 aromatic carbocycles. The average molecular weight is 314 g/mol. The number of sulfone groups is 1. The molecule has 116 valence electrons. The maximum Gasteiger partial charge on any atom is 0.205 e. The quantitative estimate of drug-likeness (QED) is 0.834. The number of hydrogen-bond donors (Lipinski definition) is 2. The van der Waals surface area contributed by atoms with Gasteiger partial charge < -0.3 is 19.7 Å². The van der Waals surface area contributed by atoms with Gasteiger partial charge in [0.1, 0.15) is 12.2 Å². The molecule has 2 N–H and O–H groups in total. The van der Waals surface area contributed by atoms with Crippen molar-refractivity contribution in [3.8, 4) is 0 Å². The first-order valence-electron chi connectivity index (χ1n) is 6.40. The van der Waals surface area contributed by atoms with Crippen LogP contribution in [0.1, 0.15) is 5.56 Å². The van der Waals surface area contributed by atoms with Gasteiger partial charge in [0.2, 0.25) is 9.84 Å². The van der Waals surface area contributed by atoms with Crippen LogP contribution >= 0.6 is 0 Å². The van der Waals surface area contributed by atoms with Crippen molar-refractivity contribution in [1.29, 1.82) is 0 Å². The predicted octanol–water partition coefficient (Wildman–Crippen LogP) is 0.377. The molecule has 2 rings (SSSR count). The molecule has 3 atom stereocenters. The molecule has 0 aromatic heterocycles. The number of aryl methyl sites for hydroxylation is 1. The summed E-state index contributed by atoms with van der Waals surface area (Å²) in [6.45, 7) is 1.34. The molecule has 0 aliphatic carbocycles. The van der Waals surface area contributed by atoms with E-state index in [-0.39, 0.29) is 9.80 Å². The van der Waals surface area contributed by atoms with E-state index in [1.165, 1.54) is 25.3 Å². The molecule has 1 aliphatic rings. The van der Waals surface area contributed by atoms with Gasteiger partial charge in [-0.15, -0.1) is 0 Å². The summed E-state index contributed by atoms with van der Waals surface area (Å²) in [6, 6.07) is 6.31. The maximum absolute atomic E-state index is 12.6. The van der Waals surface area contributed by atoms with Crippen molar-refractivity contribution >= 4 is 9.84 Å². The number of ether oxygens (including phenoxy) is 2. The smallest absolute Gasteiger partial charge is 0.205 e. The maximum atomic E-state index is 12.6. The van der Waals surface area contributed by atoms with E-state index in [1.807, 2.05) is 6.92 Å². The predicted molar refractivity (Wildman–Crippen MR) is 75.2 cm³/mol. The molecule has 1 heterocycles. The molecule has 21 heavy (non-hydrogen) atoms. The van der Waals surface area contributed by atoms with Gasteiger partial charge in [-0.25, -0.2) is 8.42 Å². The topological polar surface area (TPSA) is 93.1 Å². The summed E-state index contributed by atoms with van der Waals surface area (Å²) in [6.07, 6.45) is -2.20. The lowest BCUT2D eigenvalue weighted by molar-refractivity contribution is -0.169. The van der Waals surface area contributed by atoms with E-state index in [4.69, 9.17) is 9.47 Å². The first-order chi connectivity index (χ1) is 9.90. The minimum Gasteiger partial charge on any atom is -0.394 e. The standard InChI is InChI=1S/C14H18O6S/c1-9-3-5-10(6-4-9)21(17,18)12-7-13(19-2)20-11(8-15)14(12)16/h3-7,11,13-16H,8H2,1-2H3/t11-,13+,14-/m1/s1. The zero-order valence-corrected chi connectivity index (χ0v) is 12.6. The fourth-order valence-corrected chi connectivity index (χ4v) is 3.60. The van der Waals surface area contributed by atoms with Gasteiger partial charge in [-0.05, 0) is 25.1 Å². The normalized spacial score (nSPS) is 26.5. The van der Waals surface area contributed by atoms with Crippen LogP contribution in [0.5, 0.6) is 0 Å². The minimum atomic E-state index is -3.87. The molecule has 1 aromatic rings. The van der Waals surface area contributed by atoms with Crippen LogP contribution in [0.4, 0.5) is 0 Å². The molecular formula is C14H18O6S. The van der Waals surface area contributed by atoms with Crippen LogP contribution < -0.4 is 0 Å². The van der Waals surface area contributed by atoms with E-state index in [2.05, 4.69) is 0 Å². The van der Waals surface area contributed by atoms with Crippen molar-refractivity contribution in [3.05, 3.63) is 40.8 Å². The van der Waals surface area contributed by atoms with Crippen molar-refractivity contribution in [2.45, 2.75) is 30.3 Å². The zero-order valence-electron chi connectivity index (χ0n) is 11.8. The highest BCUT2D eigenvalue weighted by Gasteiger charge is 2.38. The highest BCUT2D eigenvalue weighted by atomic mass is 32.2. The Labute approximate surface area is 123 Å². The van der Waals surface area contributed by atoms with Gasteiger partial charge in [0.25, 0.3) is 0 Å². The lowest BCUT2D eigenvalue weighted by atomic mass is 10.1. The first-order valence-corrected chi connectivity index (χ1v) is 7.89. The molecular weight excluding hydrogens is 296 g/mol. The summed E-state index contributed by atoms with van der Waals surface area (Å²) in [5, 5.41) is 19.3. The van der Waals surface area contributed by atoms with E-state index in [0.717, 1.165) is 5.56 Å². The summed E-state index contributed by atoms with van der Waals surface area (Å²) in [5.74, 6) is 0. The number of aliphatic hydroxyl groups excluding tert-OH is 2. The second-order valence-electron chi connectivity index (χ2n) is 4.79.